The number of nitrogens with one attached hydrogen (secondary N) is 1. The minimum atomic E-state index is -0.666. The van der Waals surface area contributed by atoms with Crippen molar-refractivity contribution in [3.63, 3.8) is 0 Å². The highest BCUT2D eigenvalue weighted by atomic mass is 16.5. The zero-order valence-corrected chi connectivity index (χ0v) is 26.5. The summed E-state index contributed by atoms with van der Waals surface area (Å²) in [5, 5.41) is 12.6. The van der Waals surface area contributed by atoms with Crippen LogP contribution < -0.4 is 5.32 Å². The van der Waals surface area contributed by atoms with Crippen LogP contribution in [0.5, 0.6) is 0 Å². The van der Waals surface area contributed by atoms with Gasteiger partial charge in [0.05, 0.1) is 12.7 Å². The first-order chi connectivity index (χ1) is 19.5. The molecule has 0 aromatic heterocycles. The lowest BCUT2D eigenvalue weighted by molar-refractivity contribution is -0.150. The number of ether oxygens (including phenoxy) is 1. The van der Waals surface area contributed by atoms with Gasteiger partial charge in [-0.3, -0.25) is 19.2 Å². The second-order valence-corrected chi connectivity index (χ2v) is 15.8. The number of fused-ring (bicyclic) bond motifs is 7. The molecule has 0 aromatic carbocycles. The fraction of sp³-hybridized carbons (Fsp3) is 0.743. The van der Waals surface area contributed by atoms with E-state index in [1.54, 1.807) is 0 Å². The van der Waals surface area contributed by atoms with Crippen molar-refractivity contribution in [1.29, 1.82) is 5.26 Å². The van der Waals surface area contributed by atoms with Gasteiger partial charge in [0.1, 0.15) is 12.6 Å². The predicted molar refractivity (Wildman–Crippen MR) is 159 cm³/mol. The van der Waals surface area contributed by atoms with Crippen LogP contribution in [0.4, 0.5) is 0 Å². The van der Waals surface area contributed by atoms with Gasteiger partial charge in [-0.15, -0.1) is 0 Å². The Labute approximate surface area is 250 Å². The van der Waals surface area contributed by atoms with Gasteiger partial charge in [-0.1, -0.05) is 53.2 Å². The highest BCUT2D eigenvalue weighted by molar-refractivity contribution is 6.04. The molecule has 42 heavy (non-hydrogen) atoms. The molecule has 228 valence electrons. The smallest absolute Gasteiger partial charge is 0.325 e. The number of amides is 1. The zero-order valence-electron chi connectivity index (χ0n) is 26.5. The van der Waals surface area contributed by atoms with E-state index in [4.69, 9.17) is 0 Å². The van der Waals surface area contributed by atoms with Crippen LogP contribution in [-0.2, 0) is 23.9 Å². The topological polar surface area (TPSA) is 113 Å². The number of carbonyl (C=O) groups is 4. The second kappa shape index (κ2) is 10.2. The zero-order chi connectivity index (χ0) is 30.9. The molecule has 7 nitrogen and oxygen atoms in total. The second-order valence-electron chi connectivity index (χ2n) is 15.8. The van der Waals surface area contributed by atoms with Crippen molar-refractivity contribution < 1.29 is 23.9 Å². The molecule has 0 heterocycles. The van der Waals surface area contributed by atoms with E-state index in [2.05, 4.69) is 43.8 Å². The first-order valence-corrected chi connectivity index (χ1v) is 15.8. The van der Waals surface area contributed by atoms with Crippen LogP contribution in [-0.4, -0.2) is 37.1 Å². The Morgan fingerprint density at radius 3 is 2.40 bits per heavy atom. The fourth-order valence-corrected chi connectivity index (χ4v) is 10.5. The van der Waals surface area contributed by atoms with Gasteiger partial charge in [-0.25, -0.2) is 0 Å². The van der Waals surface area contributed by atoms with Crippen LogP contribution in [0.15, 0.2) is 23.3 Å². The van der Waals surface area contributed by atoms with Gasteiger partial charge in [0, 0.05) is 23.2 Å². The molecule has 7 atom stereocenters. The SMILES string of the molecule is COC(=O)CNC(=O)CCC12CCC3C(C(=O)C=C4C5(C)C=C(C#N)C(=O)C(C)(C)C5CCC43C)C1CC(C)(C)CC2. The van der Waals surface area contributed by atoms with Crippen LogP contribution in [0, 0.1) is 62.1 Å². The number of carbonyl (C=O) groups excluding carboxylic acids is 4. The number of rotatable bonds is 5. The average molecular weight is 577 g/mol. The summed E-state index contributed by atoms with van der Waals surface area (Å²) >= 11 is 0. The lowest BCUT2D eigenvalue weighted by Crippen LogP contribution is -2.60. The van der Waals surface area contributed by atoms with Gasteiger partial charge >= 0.3 is 5.97 Å². The monoisotopic (exact) mass is 576 g/mol. The third-order valence-electron chi connectivity index (χ3n) is 12.8. The third kappa shape index (κ3) is 4.59. The fourth-order valence-electron chi connectivity index (χ4n) is 10.5. The Balaban J connectivity index is 1.51. The molecule has 0 saturated heterocycles. The van der Waals surface area contributed by atoms with E-state index >= 15 is 0 Å². The van der Waals surface area contributed by atoms with Crippen molar-refractivity contribution in [3.05, 3.63) is 23.3 Å². The summed E-state index contributed by atoms with van der Waals surface area (Å²) < 4.78 is 4.66. The van der Waals surface area contributed by atoms with E-state index in [-0.39, 0.29) is 69.5 Å². The van der Waals surface area contributed by atoms with E-state index in [1.165, 1.54) is 7.11 Å². The number of esters is 1. The van der Waals surface area contributed by atoms with Crippen LogP contribution in [0.3, 0.4) is 0 Å². The van der Waals surface area contributed by atoms with Crippen molar-refractivity contribution in [2.75, 3.05) is 13.7 Å². The number of nitrogens with zero attached hydrogens (tertiary/aromatic N) is 1. The number of allylic oxidation sites excluding steroid dienone is 4. The summed E-state index contributed by atoms with van der Waals surface area (Å²) in [5.41, 5.74) is 0.00888. The Kier molecular flexibility index (Phi) is 7.43. The molecule has 3 saturated carbocycles. The summed E-state index contributed by atoms with van der Waals surface area (Å²) in [6.45, 7) is 12.9. The minimum Gasteiger partial charge on any atom is -0.468 e. The van der Waals surface area contributed by atoms with E-state index in [0.29, 0.717) is 6.42 Å². The summed E-state index contributed by atoms with van der Waals surface area (Å²) in [7, 11) is 1.31. The highest BCUT2D eigenvalue weighted by Gasteiger charge is 2.65. The molecule has 5 aliphatic carbocycles. The van der Waals surface area contributed by atoms with Gasteiger partial charge in [0.15, 0.2) is 11.6 Å². The minimum absolute atomic E-state index is 0.0399. The summed E-state index contributed by atoms with van der Waals surface area (Å²) in [4.78, 5) is 51.9. The highest BCUT2D eigenvalue weighted by Crippen LogP contribution is 2.71. The van der Waals surface area contributed by atoms with E-state index in [9.17, 15) is 24.4 Å². The number of hydrogen-bond acceptors (Lipinski definition) is 6. The molecule has 0 aliphatic heterocycles. The van der Waals surface area contributed by atoms with Crippen LogP contribution in [0.25, 0.3) is 0 Å². The molecule has 7 heteroatoms. The number of ketones is 2. The molecular formula is C35H48N2O5. The Hall–Kier alpha value is -2.75. The first-order valence-electron chi connectivity index (χ1n) is 15.8. The van der Waals surface area contributed by atoms with Gasteiger partial charge < -0.3 is 10.1 Å². The molecule has 7 unspecified atom stereocenters. The van der Waals surface area contributed by atoms with Crippen molar-refractivity contribution in [2.45, 2.75) is 99.3 Å². The molecule has 0 radical (unpaired) electrons. The lowest BCUT2D eigenvalue weighted by atomic mass is 9.38. The maximum Gasteiger partial charge on any atom is 0.325 e. The standard InChI is InChI=1S/C35H48N2O5/c1-31(2)14-15-35(13-10-27(39)37-20-28(40)42-7)12-8-22-29(23(35)18-31)24(38)16-26-33(22,5)11-9-25-32(3,4)30(41)21(19-36)17-34(25,26)6/h16-17,22-23,25,29H,8-15,18,20H2,1-7H3,(H,37,39). The Morgan fingerprint density at radius 1 is 1.02 bits per heavy atom. The summed E-state index contributed by atoms with van der Waals surface area (Å²) in [6, 6.07) is 2.18. The molecule has 0 bridgehead atoms. The maximum absolute atomic E-state index is 14.4. The van der Waals surface area contributed by atoms with Crippen molar-refractivity contribution in [2.24, 2.45) is 50.7 Å². The van der Waals surface area contributed by atoms with Gasteiger partial charge in [0.2, 0.25) is 5.91 Å². The lowest BCUT2D eigenvalue weighted by Gasteiger charge is -2.65. The third-order valence-corrected chi connectivity index (χ3v) is 12.8. The predicted octanol–water partition coefficient (Wildman–Crippen LogP) is 5.89. The summed E-state index contributed by atoms with van der Waals surface area (Å²) in [5.74, 6) is -0.171. The van der Waals surface area contributed by atoms with E-state index < -0.39 is 16.8 Å². The Bertz CT molecular complexity index is 1320. The number of methoxy groups -OCH3 is 1. The largest absolute Gasteiger partial charge is 0.468 e. The number of hydrogen-bond donors (Lipinski definition) is 1. The van der Waals surface area contributed by atoms with Crippen LogP contribution in [0.2, 0.25) is 0 Å². The molecule has 0 aromatic rings. The van der Waals surface area contributed by atoms with Crippen molar-refractivity contribution >= 4 is 23.4 Å². The van der Waals surface area contributed by atoms with Gasteiger partial charge in [-0.2, -0.15) is 5.26 Å². The van der Waals surface area contributed by atoms with Crippen molar-refractivity contribution in [3.8, 4) is 6.07 Å². The number of nitriles is 1. The van der Waals surface area contributed by atoms with Crippen LogP contribution in [0.1, 0.15) is 99.3 Å². The van der Waals surface area contributed by atoms with Gasteiger partial charge in [-0.05, 0) is 91.4 Å². The van der Waals surface area contributed by atoms with Gasteiger partial charge in [0.25, 0.3) is 0 Å². The molecule has 0 spiro atoms. The molecule has 5 rings (SSSR count). The Morgan fingerprint density at radius 2 is 1.74 bits per heavy atom. The van der Waals surface area contributed by atoms with E-state index in [1.807, 2.05) is 26.0 Å². The van der Waals surface area contributed by atoms with Crippen LogP contribution >= 0.6 is 0 Å². The summed E-state index contributed by atoms with van der Waals surface area (Å²) in [6.07, 6.45) is 11.7. The molecule has 1 amide bonds. The first kappa shape index (κ1) is 30.7. The normalized spacial score (nSPS) is 39.7. The molecule has 5 aliphatic rings. The van der Waals surface area contributed by atoms with Crippen molar-refractivity contribution in [1.82, 2.24) is 5.32 Å². The maximum atomic E-state index is 14.4. The molecule has 3 fully saturated rings. The van der Waals surface area contributed by atoms with E-state index in [0.717, 1.165) is 56.9 Å². The molecule has 1 N–H and O–H groups in total. The quantitative estimate of drug-likeness (QED) is 0.409. The number of Topliss-reactive ketones (excluding diaryl/α,β-unsaturated/α-hetero) is 1. The molecular weight excluding hydrogens is 528 g/mol. The average Bonchev–Trinajstić information content (AvgIpc) is 2.93.